The minimum Gasteiger partial charge on any atom is -0.507 e. The highest BCUT2D eigenvalue weighted by atomic mass is 79.9. The van der Waals surface area contributed by atoms with Gasteiger partial charge in [-0.1, -0.05) is 28.1 Å². The van der Waals surface area contributed by atoms with Crippen molar-refractivity contribution < 1.29 is 14.6 Å². The van der Waals surface area contributed by atoms with Gasteiger partial charge in [-0.25, -0.2) is 0 Å². The van der Waals surface area contributed by atoms with E-state index in [2.05, 4.69) is 21.2 Å². The van der Waals surface area contributed by atoms with Crippen molar-refractivity contribution in [2.75, 3.05) is 7.11 Å². The standard InChI is InChI=1S/C15H14BrNO3/c1-20-12-5-2-10(3-6-12)9-17-15(19)13-7-4-11(16)8-14(13)18/h2-8,18H,9H2,1H3,(H,17,19). The van der Waals surface area contributed by atoms with Crippen LogP contribution in [0.5, 0.6) is 11.5 Å². The lowest BCUT2D eigenvalue weighted by atomic mass is 10.1. The van der Waals surface area contributed by atoms with Crippen molar-refractivity contribution in [1.82, 2.24) is 5.32 Å². The van der Waals surface area contributed by atoms with Crippen LogP contribution in [0.4, 0.5) is 0 Å². The molecule has 0 heterocycles. The zero-order valence-corrected chi connectivity index (χ0v) is 12.5. The number of methoxy groups -OCH3 is 1. The molecule has 2 aromatic rings. The summed E-state index contributed by atoms with van der Waals surface area (Å²) >= 11 is 3.23. The van der Waals surface area contributed by atoms with Crippen LogP contribution in [-0.4, -0.2) is 18.1 Å². The SMILES string of the molecule is COc1ccc(CNC(=O)c2ccc(Br)cc2O)cc1. The number of amides is 1. The zero-order valence-electron chi connectivity index (χ0n) is 10.9. The number of phenols is 1. The van der Waals surface area contributed by atoms with Gasteiger partial charge in [-0.2, -0.15) is 0 Å². The maximum atomic E-state index is 12.0. The van der Waals surface area contributed by atoms with Gasteiger partial charge >= 0.3 is 0 Å². The number of carbonyl (C=O) groups excluding carboxylic acids is 1. The quantitative estimate of drug-likeness (QED) is 0.902. The fraction of sp³-hybridized carbons (Fsp3) is 0.133. The lowest BCUT2D eigenvalue weighted by Crippen LogP contribution is -2.22. The molecule has 104 valence electrons. The van der Waals surface area contributed by atoms with Gasteiger partial charge in [-0.15, -0.1) is 0 Å². The molecular formula is C15H14BrNO3. The largest absolute Gasteiger partial charge is 0.507 e. The van der Waals surface area contributed by atoms with Gasteiger partial charge in [0.2, 0.25) is 0 Å². The Labute approximate surface area is 125 Å². The molecule has 0 aliphatic heterocycles. The molecule has 0 spiro atoms. The first-order chi connectivity index (χ1) is 9.60. The number of benzene rings is 2. The number of carbonyl (C=O) groups is 1. The lowest BCUT2D eigenvalue weighted by Gasteiger charge is -2.08. The first-order valence-corrected chi connectivity index (χ1v) is 6.79. The van der Waals surface area contributed by atoms with Crippen molar-refractivity contribution in [2.45, 2.75) is 6.54 Å². The summed E-state index contributed by atoms with van der Waals surface area (Å²) < 4.78 is 5.79. The Balaban J connectivity index is 2.00. The predicted molar refractivity (Wildman–Crippen MR) is 80.0 cm³/mol. The van der Waals surface area contributed by atoms with Gasteiger partial charge in [0.05, 0.1) is 12.7 Å². The van der Waals surface area contributed by atoms with Crippen molar-refractivity contribution in [3.63, 3.8) is 0 Å². The van der Waals surface area contributed by atoms with Crippen LogP contribution in [0.3, 0.4) is 0 Å². The number of hydrogen-bond donors (Lipinski definition) is 2. The number of rotatable bonds is 4. The van der Waals surface area contributed by atoms with Gasteiger partial charge in [0, 0.05) is 11.0 Å². The number of phenolic OH excluding ortho intramolecular Hbond substituents is 1. The first kappa shape index (κ1) is 14.4. The fourth-order valence-corrected chi connectivity index (χ4v) is 2.07. The topological polar surface area (TPSA) is 58.6 Å². The molecule has 0 saturated carbocycles. The Morgan fingerprint density at radius 1 is 1.25 bits per heavy atom. The summed E-state index contributed by atoms with van der Waals surface area (Å²) in [6.07, 6.45) is 0. The van der Waals surface area contributed by atoms with Gasteiger partial charge in [0.25, 0.3) is 5.91 Å². The minimum atomic E-state index is -0.314. The van der Waals surface area contributed by atoms with Gasteiger partial charge in [-0.3, -0.25) is 4.79 Å². The van der Waals surface area contributed by atoms with E-state index in [9.17, 15) is 9.90 Å². The molecule has 0 aliphatic carbocycles. The van der Waals surface area contributed by atoms with Crippen LogP contribution in [0.15, 0.2) is 46.9 Å². The second-order valence-corrected chi connectivity index (χ2v) is 5.11. The second-order valence-electron chi connectivity index (χ2n) is 4.19. The van der Waals surface area contributed by atoms with Crippen LogP contribution in [0.2, 0.25) is 0 Å². The third-order valence-corrected chi connectivity index (χ3v) is 3.31. The third-order valence-electron chi connectivity index (χ3n) is 2.82. The van der Waals surface area contributed by atoms with Crippen LogP contribution in [-0.2, 0) is 6.54 Å². The van der Waals surface area contributed by atoms with E-state index in [1.54, 1.807) is 19.2 Å². The lowest BCUT2D eigenvalue weighted by molar-refractivity contribution is 0.0948. The molecule has 2 rings (SSSR count). The smallest absolute Gasteiger partial charge is 0.255 e. The molecule has 2 N–H and O–H groups in total. The van der Waals surface area contributed by atoms with E-state index in [0.29, 0.717) is 6.54 Å². The number of aromatic hydroxyl groups is 1. The number of nitrogens with one attached hydrogen (secondary N) is 1. The summed E-state index contributed by atoms with van der Waals surface area (Å²) in [5.74, 6) is 0.406. The fourth-order valence-electron chi connectivity index (χ4n) is 1.72. The van der Waals surface area contributed by atoms with Crippen molar-refractivity contribution in [1.29, 1.82) is 0 Å². The molecule has 5 heteroatoms. The molecule has 0 radical (unpaired) electrons. The molecule has 0 bridgehead atoms. The van der Waals surface area contributed by atoms with Crippen molar-refractivity contribution in [3.8, 4) is 11.5 Å². The Morgan fingerprint density at radius 3 is 2.55 bits per heavy atom. The van der Waals surface area contributed by atoms with Gasteiger partial charge in [0.1, 0.15) is 11.5 Å². The number of halogens is 1. The van der Waals surface area contributed by atoms with E-state index in [0.717, 1.165) is 15.8 Å². The highest BCUT2D eigenvalue weighted by molar-refractivity contribution is 9.10. The van der Waals surface area contributed by atoms with Crippen LogP contribution >= 0.6 is 15.9 Å². The maximum absolute atomic E-state index is 12.0. The average Bonchev–Trinajstić information content (AvgIpc) is 2.45. The molecule has 0 saturated heterocycles. The zero-order chi connectivity index (χ0) is 14.5. The van der Waals surface area contributed by atoms with Crippen LogP contribution < -0.4 is 10.1 Å². The Bertz CT molecular complexity index is 611. The molecular weight excluding hydrogens is 322 g/mol. The van der Waals surface area contributed by atoms with Crippen molar-refractivity contribution in [2.24, 2.45) is 0 Å². The predicted octanol–water partition coefficient (Wildman–Crippen LogP) is 3.09. The molecule has 0 aromatic heterocycles. The van der Waals surface area contributed by atoms with E-state index >= 15 is 0 Å². The molecule has 0 aliphatic rings. The van der Waals surface area contributed by atoms with Crippen LogP contribution in [0.25, 0.3) is 0 Å². The van der Waals surface area contributed by atoms with E-state index in [1.165, 1.54) is 6.07 Å². The Morgan fingerprint density at radius 2 is 1.95 bits per heavy atom. The molecule has 0 atom stereocenters. The van der Waals surface area contributed by atoms with Gasteiger partial charge in [0.15, 0.2) is 0 Å². The molecule has 4 nitrogen and oxygen atoms in total. The summed E-state index contributed by atoms with van der Waals surface area (Å²) in [5.41, 5.74) is 1.21. The molecule has 0 fully saturated rings. The summed E-state index contributed by atoms with van der Waals surface area (Å²) in [4.78, 5) is 12.0. The average molecular weight is 336 g/mol. The van der Waals surface area contributed by atoms with Gasteiger partial charge in [-0.05, 0) is 35.9 Å². The Hall–Kier alpha value is -2.01. The Kier molecular flexibility index (Phi) is 4.63. The highest BCUT2D eigenvalue weighted by Gasteiger charge is 2.10. The molecule has 1 amide bonds. The number of hydrogen-bond acceptors (Lipinski definition) is 3. The van der Waals surface area contributed by atoms with Crippen LogP contribution in [0, 0.1) is 0 Å². The summed E-state index contributed by atoms with van der Waals surface area (Å²) in [5, 5.41) is 12.5. The van der Waals surface area contributed by atoms with E-state index < -0.39 is 0 Å². The normalized spacial score (nSPS) is 10.1. The monoisotopic (exact) mass is 335 g/mol. The summed E-state index contributed by atoms with van der Waals surface area (Å²) in [6, 6.07) is 12.2. The van der Waals surface area contributed by atoms with Gasteiger partial charge < -0.3 is 15.2 Å². The van der Waals surface area contributed by atoms with E-state index in [4.69, 9.17) is 4.74 Å². The third kappa shape index (κ3) is 3.51. The second kappa shape index (κ2) is 6.43. The maximum Gasteiger partial charge on any atom is 0.255 e. The molecule has 0 unspecified atom stereocenters. The van der Waals surface area contributed by atoms with E-state index in [1.807, 2.05) is 24.3 Å². The van der Waals surface area contributed by atoms with Crippen molar-refractivity contribution >= 4 is 21.8 Å². The minimum absolute atomic E-state index is 0.0494. The van der Waals surface area contributed by atoms with Crippen molar-refractivity contribution in [3.05, 3.63) is 58.1 Å². The summed E-state index contributed by atoms with van der Waals surface area (Å²) in [7, 11) is 1.60. The first-order valence-electron chi connectivity index (χ1n) is 6.00. The molecule has 20 heavy (non-hydrogen) atoms. The van der Waals surface area contributed by atoms with Crippen LogP contribution in [0.1, 0.15) is 15.9 Å². The highest BCUT2D eigenvalue weighted by Crippen LogP contribution is 2.22. The summed E-state index contributed by atoms with van der Waals surface area (Å²) in [6.45, 7) is 0.387. The number of ether oxygens (including phenoxy) is 1. The van der Waals surface area contributed by atoms with E-state index in [-0.39, 0.29) is 17.2 Å². The molecule has 2 aromatic carbocycles.